The molecule has 2 unspecified atom stereocenters. The van der Waals surface area contributed by atoms with Crippen LogP contribution in [-0.2, 0) is 0 Å². The lowest BCUT2D eigenvalue weighted by Crippen LogP contribution is -2.67. The molecule has 5 nitrogen and oxygen atoms in total. The van der Waals surface area contributed by atoms with Crippen LogP contribution in [0.25, 0.3) is 0 Å². The van der Waals surface area contributed by atoms with Crippen molar-refractivity contribution in [1.29, 1.82) is 0 Å². The van der Waals surface area contributed by atoms with Gasteiger partial charge in [0, 0.05) is 31.2 Å². The van der Waals surface area contributed by atoms with E-state index in [1.807, 2.05) is 4.90 Å². The molecule has 1 aromatic rings. The average molecular weight is 251 g/mol. The average Bonchev–Trinajstić information content (AvgIpc) is 2.38. The van der Waals surface area contributed by atoms with Crippen LogP contribution in [0.15, 0.2) is 18.2 Å². The summed E-state index contributed by atoms with van der Waals surface area (Å²) in [5.74, 6) is -0.506. The van der Waals surface area contributed by atoms with Gasteiger partial charge in [0.2, 0.25) is 0 Å². The number of hydrogen-bond acceptors (Lipinski definition) is 4. The van der Waals surface area contributed by atoms with E-state index < -0.39 is 10.7 Å². The van der Waals surface area contributed by atoms with Gasteiger partial charge in [-0.3, -0.25) is 15.0 Å². The van der Waals surface area contributed by atoms with Crippen molar-refractivity contribution in [2.45, 2.75) is 18.5 Å². The third kappa shape index (κ3) is 1.64. The molecule has 0 radical (unpaired) electrons. The number of likely N-dealkylation sites (N-methyl/N-ethyl adjacent to an activating group) is 1. The number of fused-ring (bicyclic) bond motifs is 2. The lowest BCUT2D eigenvalue weighted by molar-refractivity contribution is -0.385. The summed E-state index contributed by atoms with van der Waals surface area (Å²) in [5.41, 5.74) is 0.277. The number of nitro benzene ring substituents is 1. The normalized spacial score (nSPS) is 26.9. The van der Waals surface area contributed by atoms with Crippen molar-refractivity contribution in [3.8, 4) is 0 Å². The van der Waals surface area contributed by atoms with Crippen LogP contribution in [-0.4, -0.2) is 42.0 Å². The number of rotatable bonds is 2. The summed E-state index contributed by atoms with van der Waals surface area (Å²) in [6, 6.07) is 4.84. The number of hydrogen-bond donors (Lipinski definition) is 0. The van der Waals surface area contributed by atoms with E-state index >= 15 is 0 Å². The molecule has 0 amide bonds. The molecular weight excluding hydrogens is 237 g/mol. The van der Waals surface area contributed by atoms with Crippen molar-refractivity contribution in [2.24, 2.45) is 0 Å². The fraction of sp³-hybridized carbons (Fsp3) is 0.500. The minimum absolute atomic E-state index is 0.199. The van der Waals surface area contributed by atoms with E-state index in [-0.39, 0.29) is 5.69 Å². The van der Waals surface area contributed by atoms with Gasteiger partial charge in [0.25, 0.3) is 5.69 Å². The Hall–Kier alpha value is -1.69. The first-order chi connectivity index (χ1) is 8.56. The lowest BCUT2D eigenvalue weighted by atomic mass is 9.88. The van der Waals surface area contributed by atoms with Crippen LogP contribution in [0.2, 0.25) is 0 Å². The van der Waals surface area contributed by atoms with E-state index in [0.29, 0.717) is 17.8 Å². The van der Waals surface area contributed by atoms with Crippen LogP contribution in [0, 0.1) is 15.9 Å². The molecule has 4 rings (SSSR count). The van der Waals surface area contributed by atoms with Crippen LogP contribution in [0.1, 0.15) is 6.42 Å². The number of nitro groups is 1. The molecule has 1 aromatic carbocycles. The summed E-state index contributed by atoms with van der Waals surface area (Å²) in [6.45, 7) is 1.59. The topological polar surface area (TPSA) is 49.6 Å². The Morgan fingerprint density at radius 1 is 1.39 bits per heavy atom. The number of anilines is 1. The van der Waals surface area contributed by atoms with Crippen LogP contribution in [0.3, 0.4) is 0 Å². The minimum Gasteiger partial charge on any atom is -0.366 e. The third-order valence-electron chi connectivity index (χ3n) is 4.04. The number of nitrogens with zero attached hydrogens (tertiary/aromatic N) is 3. The van der Waals surface area contributed by atoms with Crippen molar-refractivity contribution in [1.82, 2.24) is 4.90 Å². The van der Waals surface area contributed by atoms with Crippen molar-refractivity contribution >= 4 is 11.4 Å². The van der Waals surface area contributed by atoms with Crippen LogP contribution < -0.4 is 4.90 Å². The highest BCUT2D eigenvalue weighted by Crippen LogP contribution is 2.34. The van der Waals surface area contributed by atoms with Gasteiger partial charge in [-0.05, 0) is 19.5 Å². The smallest absolute Gasteiger partial charge is 0.272 e. The van der Waals surface area contributed by atoms with Gasteiger partial charge in [-0.15, -0.1) is 0 Å². The van der Waals surface area contributed by atoms with E-state index in [9.17, 15) is 14.5 Å². The first-order valence-electron chi connectivity index (χ1n) is 5.97. The van der Waals surface area contributed by atoms with Gasteiger partial charge in [-0.1, -0.05) is 0 Å². The summed E-state index contributed by atoms with van der Waals surface area (Å²) >= 11 is 0. The zero-order chi connectivity index (χ0) is 12.9. The molecule has 3 aliphatic heterocycles. The van der Waals surface area contributed by atoms with E-state index in [0.717, 1.165) is 19.2 Å². The molecule has 0 N–H and O–H groups in total. The number of halogens is 1. The molecule has 0 aromatic heterocycles. The monoisotopic (exact) mass is 251 g/mol. The second-order valence-electron chi connectivity index (χ2n) is 5.01. The molecule has 3 aliphatic rings. The zero-order valence-corrected chi connectivity index (χ0v) is 10.0. The molecule has 2 atom stereocenters. The number of benzene rings is 1. The second-order valence-corrected chi connectivity index (χ2v) is 5.01. The highest BCUT2D eigenvalue weighted by molar-refractivity contribution is 5.53. The van der Waals surface area contributed by atoms with Crippen molar-refractivity contribution in [3.63, 3.8) is 0 Å². The fourth-order valence-corrected chi connectivity index (χ4v) is 2.86. The number of piperazine rings is 1. The lowest BCUT2D eigenvalue weighted by Gasteiger charge is -2.55. The highest BCUT2D eigenvalue weighted by Gasteiger charge is 2.42. The predicted molar refractivity (Wildman–Crippen MR) is 65.2 cm³/mol. The summed E-state index contributed by atoms with van der Waals surface area (Å²) in [7, 11) is 2.09. The SMILES string of the molecule is CN1C2CC1CN(c1ccc([N+](=O)[O-])cc1F)C2. The molecule has 3 saturated heterocycles. The molecule has 0 saturated carbocycles. The summed E-state index contributed by atoms with van der Waals surface area (Å²) in [6.07, 6.45) is 1.17. The Morgan fingerprint density at radius 2 is 2.06 bits per heavy atom. The maximum absolute atomic E-state index is 13.9. The van der Waals surface area contributed by atoms with E-state index in [1.54, 1.807) is 0 Å². The maximum atomic E-state index is 13.9. The largest absolute Gasteiger partial charge is 0.366 e. The van der Waals surface area contributed by atoms with E-state index in [1.165, 1.54) is 18.6 Å². The molecule has 0 aliphatic carbocycles. The minimum atomic E-state index is -0.575. The molecule has 3 fully saturated rings. The predicted octanol–water partition coefficient (Wildman–Crippen LogP) is 1.63. The van der Waals surface area contributed by atoms with Gasteiger partial charge in [0.15, 0.2) is 5.82 Å². The van der Waals surface area contributed by atoms with Gasteiger partial charge in [0.1, 0.15) is 0 Å². The zero-order valence-electron chi connectivity index (χ0n) is 10.0. The van der Waals surface area contributed by atoms with Gasteiger partial charge in [-0.2, -0.15) is 0 Å². The van der Waals surface area contributed by atoms with Crippen molar-refractivity contribution in [3.05, 3.63) is 34.1 Å². The molecule has 3 heterocycles. The number of non-ortho nitro benzene ring substituents is 1. The van der Waals surface area contributed by atoms with Crippen LogP contribution in [0.5, 0.6) is 0 Å². The fourth-order valence-electron chi connectivity index (χ4n) is 2.86. The molecular formula is C12H14FN3O2. The van der Waals surface area contributed by atoms with Gasteiger partial charge in [-0.25, -0.2) is 4.39 Å². The molecule has 2 bridgehead atoms. The summed E-state index contributed by atoms with van der Waals surface area (Å²) in [4.78, 5) is 14.3. The highest BCUT2D eigenvalue weighted by atomic mass is 19.1. The number of piperidine rings is 1. The van der Waals surface area contributed by atoms with E-state index in [2.05, 4.69) is 11.9 Å². The quantitative estimate of drug-likeness (QED) is 0.592. The molecule has 6 heteroatoms. The maximum Gasteiger partial charge on any atom is 0.272 e. The standard InChI is InChI=1S/C12H14FN3O2/c1-14-9-4-10(14)7-15(6-9)12-3-2-8(16(17)18)5-11(12)13/h2-3,5,9-10H,4,6-7H2,1H3. The second kappa shape index (κ2) is 3.91. The Balaban J connectivity index is 1.83. The van der Waals surface area contributed by atoms with Gasteiger partial charge < -0.3 is 4.90 Å². The molecule has 96 valence electrons. The Morgan fingerprint density at radius 3 is 2.56 bits per heavy atom. The Kier molecular flexibility index (Phi) is 2.48. The summed E-state index contributed by atoms with van der Waals surface area (Å²) < 4.78 is 13.9. The Bertz CT molecular complexity index is 496. The molecule has 0 spiro atoms. The van der Waals surface area contributed by atoms with Crippen molar-refractivity contribution in [2.75, 3.05) is 25.0 Å². The van der Waals surface area contributed by atoms with Gasteiger partial charge in [0.05, 0.1) is 16.7 Å². The first kappa shape index (κ1) is 11.4. The van der Waals surface area contributed by atoms with Crippen molar-refractivity contribution < 1.29 is 9.31 Å². The summed E-state index contributed by atoms with van der Waals surface area (Å²) in [5, 5.41) is 10.6. The van der Waals surface area contributed by atoms with Crippen LogP contribution >= 0.6 is 0 Å². The Labute approximate surface area is 104 Å². The van der Waals surface area contributed by atoms with E-state index in [4.69, 9.17) is 0 Å². The third-order valence-corrected chi connectivity index (χ3v) is 4.04. The molecule has 18 heavy (non-hydrogen) atoms. The first-order valence-corrected chi connectivity index (χ1v) is 5.97. The van der Waals surface area contributed by atoms with Gasteiger partial charge >= 0.3 is 0 Å². The van der Waals surface area contributed by atoms with Crippen LogP contribution in [0.4, 0.5) is 15.8 Å².